The van der Waals surface area contributed by atoms with Gasteiger partial charge in [-0.3, -0.25) is 57.6 Å². The number of halogens is 1. The van der Waals surface area contributed by atoms with E-state index in [1.165, 1.54) is 31.7 Å². The van der Waals surface area contributed by atoms with Crippen molar-refractivity contribution in [2.24, 2.45) is 15.0 Å². The molecule has 5 saturated heterocycles. The van der Waals surface area contributed by atoms with Gasteiger partial charge in [-0.05, 0) is 36.0 Å². The molecule has 564 valence electrons. The Hall–Kier alpha value is -9.59. The van der Waals surface area contributed by atoms with E-state index in [1.807, 2.05) is 133 Å². The fraction of sp³-hybridized carbons (Fsp3) is 0.451. The van der Waals surface area contributed by atoms with Gasteiger partial charge in [-0.15, -0.1) is 5.60 Å². The van der Waals surface area contributed by atoms with Crippen LogP contribution < -0.4 is 51.3 Å². The number of hydrogen-bond donors (Lipinski definition) is 4. The average Bonchev–Trinajstić information content (AvgIpc) is 1.59. The number of benzene rings is 3. The molecule has 12 atom stereocenters. The second-order valence-electron chi connectivity index (χ2n) is 26.9. The van der Waals surface area contributed by atoms with Crippen molar-refractivity contribution in [2.45, 2.75) is 159 Å². The number of alkyl halides is 1. The van der Waals surface area contributed by atoms with Crippen LogP contribution in [0.4, 0.5) is 27.4 Å². The molecule has 0 spiro atoms. The molecule has 4 N–H and O–H groups in total. The Morgan fingerprint density at radius 3 is 1.29 bits per heavy atom. The number of aromatic amines is 3. The molecule has 0 radical (unpaired) electrons. The number of nitrogens with zero attached hydrogens (tertiary/aromatic N) is 17. The summed E-state index contributed by atoms with van der Waals surface area (Å²) in [5, 5.41) is 20.1. The molecule has 11 heterocycles. The van der Waals surface area contributed by atoms with E-state index in [9.17, 15) is 39.0 Å². The standard InChI is InChI=1S/C23H27BrN6O4.C22H25N7O4.C21H23N7O5.C4H9O.CH4.Na/c1-4-15-17(24)19(34-16(31)11-10-14-8-6-5-7-9-14)22(33-15)30-13-25-18-20(30)27-23(28-21(18)32)26-12-29(2)3;1-4-14-16-17(33-22(31)28(16)10-13-8-6-5-7-9-13)20(32-14)29-12-23-15-18(29)25-21(26-19(15)30)24-11-27(2)3;1-26(2)10-23-20-24-17-14(18(30)25-20)22-11-28(17)19-16-15(13(9-29)32-19)27(21(31)33-16)8-12-6-4-3-5-7-12;1-4(2,3)5;;/h5-9,12-13,15,17,19,22H,4,10-11H2,1-3H3,(H,27,28,32);5-9,11-12,14,16-17,20H,4,10H2,1-3H3,(H,25,26,30);3-7,10-11,13,15-16,19,29H,8-9H2,1-2H3,(H,24,25,30);1-3H3;1H4;/q;;;-1;;+1/t15-,17+,19-,22-;14-,16-,17-,20-;13-,15-,16-,19-;;;/m111.../s1. The Balaban J connectivity index is 0.000000178. The Morgan fingerprint density at radius 2 is 0.925 bits per heavy atom. The zero-order valence-electron chi connectivity index (χ0n) is 60.7. The minimum Gasteiger partial charge on any atom is -0.850 e. The molecule has 14 rings (SSSR count). The molecule has 3 aromatic carbocycles. The van der Waals surface area contributed by atoms with Gasteiger partial charge in [-0.1, -0.05) is 149 Å². The second kappa shape index (κ2) is 35.9. The summed E-state index contributed by atoms with van der Waals surface area (Å²) in [7, 11) is 10.8. The number of esters is 1. The number of carbonyl (C=O) groups excluding carboxylic acids is 3. The van der Waals surface area contributed by atoms with Crippen molar-refractivity contribution in [1.29, 1.82) is 0 Å². The van der Waals surface area contributed by atoms with Crippen LogP contribution in [0.1, 0.15) is 96.7 Å². The van der Waals surface area contributed by atoms with E-state index in [-0.39, 0.29) is 125 Å². The quantitative estimate of drug-likeness (QED) is 0.0212. The van der Waals surface area contributed by atoms with Crippen molar-refractivity contribution >= 4 is 104 Å². The van der Waals surface area contributed by atoms with E-state index in [1.54, 1.807) is 79.4 Å². The van der Waals surface area contributed by atoms with Gasteiger partial charge in [0.05, 0.1) is 61.6 Å². The second-order valence-corrected chi connectivity index (χ2v) is 27.9. The van der Waals surface area contributed by atoms with E-state index in [0.717, 1.165) is 16.7 Å². The maximum Gasteiger partial charge on any atom is 1.00 e. The summed E-state index contributed by atoms with van der Waals surface area (Å²) in [6, 6.07) is 28.3. The van der Waals surface area contributed by atoms with E-state index in [2.05, 4.69) is 75.8 Å². The minimum absolute atomic E-state index is 0. The summed E-state index contributed by atoms with van der Waals surface area (Å²) in [4.78, 5) is 130. The molecule has 9 aromatic rings. The maximum absolute atomic E-state index is 12.8. The van der Waals surface area contributed by atoms with Crippen molar-refractivity contribution in [3.63, 3.8) is 0 Å². The van der Waals surface area contributed by atoms with Crippen molar-refractivity contribution in [2.75, 3.05) is 48.9 Å². The number of fused-ring (bicyclic) bond motifs is 5. The summed E-state index contributed by atoms with van der Waals surface area (Å²) in [6.07, 6.45) is 5.17. The molecule has 0 unspecified atom stereocenters. The number of ether oxygens (including phenoxy) is 6. The number of nitrogens with one attached hydrogen (secondary N) is 3. The number of aryl methyl sites for hydroxylation is 1. The molecule has 36 heteroatoms. The monoisotopic (exact) mass is 1550 g/mol. The third-order valence-corrected chi connectivity index (χ3v) is 18.1. The van der Waals surface area contributed by atoms with Crippen LogP contribution in [0, 0.1) is 0 Å². The van der Waals surface area contributed by atoms with Crippen molar-refractivity contribution < 1.29 is 82.6 Å². The number of rotatable bonds is 20. The molecule has 5 aliphatic rings. The molecule has 6 aromatic heterocycles. The summed E-state index contributed by atoms with van der Waals surface area (Å²) in [5.74, 6) is 0.0731. The molecule has 0 aliphatic carbocycles. The normalized spacial score (nSPS) is 22.9. The van der Waals surface area contributed by atoms with Gasteiger partial charge in [0.25, 0.3) is 16.7 Å². The first kappa shape index (κ1) is 81.5. The Labute approximate surface area is 646 Å². The van der Waals surface area contributed by atoms with Crippen LogP contribution in [0.15, 0.2) is 139 Å². The third kappa shape index (κ3) is 19.2. The van der Waals surface area contributed by atoms with Crippen LogP contribution in [0.3, 0.4) is 0 Å². The third-order valence-electron chi connectivity index (χ3n) is 17.0. The number of amides is 2. The molecule has 0 bridgehead atoms. The van der Waals surface area contributed by atoms with Gasteiger partial charge in [-0.25, -0.2) is 39.5 Å². The fourth-order valence-electron chi connectivity index (χ4n) is 12.4. The van der Waals surface area contributed by atoms with Crippen molar-refractivity contribution in [3.05, 3.63) is 158 Å². The molecular weight excluding hydrogens is 1460 g/mol. The molecule has 107 heavy (non-hydrogen) atoms. The van der Waals surface area contributed by atoms with Crippen LogP contribution in [-0.2, 0) is 52.7 Å². The van der Waals surface area contributed by atoms with Crippen LogP contribution in [-0.4, -0.2) is 233 Å². The predicted molar refractivity (Wildman–Crippen MR) is 395 cm³/mol. The van der Waals surface area contributed by atoms with Crippen LogP contribution >= 0.6 is 15.9 Å². The van der Waals surface area contributed by atoms with Crippen molar-refractivity contribution in [1.82, 2.24) is 83.1 Å². The van der Waals surface area contributed by atoms with Gasteiger partial charge in [0, 0.05) is 61.8 Å². The largest absolute Gasteiger partial charge is 1.00 e. The van der Waals surface area contributed by atoms with Gasteiger partial charge < -0.3 is 53.3 Å². The maximum atomic E-state index is 12.8. The Bertz CT molecular complexity index is 4580. The Kier molecular flexibility index (Phi) is 27.3. The molecule has 2 amide bonds. The fourth-order valence-corrected chi connectivity index (χ4v) is 13.2. The zero-order valence-corrected chi connectivity index (χ0v) is 64.3. The number of imidazole rings is 3. The van der Waals surface area contributed by atoms with E-state index >= 15 is 0 Å². The molecule has 34 nitrogen and oxygen atoms in total. The molecule has 5 fully saturated rings. The molecular formula is C71H88BrN20NaO14. The molecule has 0 saturated carbocycles. The Morgan fingerprint density at radius 1 is 0.579 bits per heavy atom. The number of H-pyrrole nitrogens is 3. The first-order valence-corrected chi connectivity index (χ1v) is 34.9. The SMILES string of the molecule is C.CC(C)(C)[O-].CC[C@H]1O[C@@H](n2cnc3c(=O)[nH]c(N=CN(C)C)nc32)[C@@H]2OC(=O)N(Cc3ccccc3)[C@@H]21.CC[C@H]1O[C@@H](n2cnc3c(=O)[nH]c(N=CN(C)C)nc32)[C@H](OC(=O)CCc2ccccc2)[C@H]1Br.CN(C)C=Nc1nc2c(ncn2[C@@H]2O[C@H](CO)[C@@H]3[C@H]2OC(=O)N3Cc2ccccc2)c(=O)[nH]1.[Na+]. The van der Waals surface area contributed by atoms with E-state index in [0.29, 0.717) is 43.6 Å². The summed E-state index contributed by atoms with van der Waals surface area (Å²) < 4.78 is 40.8. The zero-order chi connectivity index (χ0) is 75.0. The van der Waals surface area contributed by atoms with Crippen LogP contribution in [0.5, 0.6) is 0 Å². The summed E-state index contributed by atoms with van der Waals surface area (Å²) >= 11 is 3.66. The van der Waals surface area contributed by atoms with Gasteiger partial charge in [0.1, 0.15) is 18.2 Å². The smallest absolute Gasteiger partial charge is 0.850 e. The summed E-state index contributed by atoms with van der Waals surface area (Å²) in [5.41, 5.74) is 2.30. The first-order valence-electron chi connectivity index (χ1n) is 34.0. The van der Waals surface area contributed by atoms with Crippen LogP contribution in [0.2, 0.25) is 0 Å². The van der Waals surface area contributed by atoms with E-state index in [4.69, 9.17) is 28.4 Å². The number of hydrogen-bond acceptors (Lipinski definition) is 23. The topological polar surface area (TPSA) is 394 Å². The van der Waals surface area contributed by atoms with Gasteiger partial charge in [0.2, 0.25) is 17.8 Å². The predicted octanol–water partition coefficient (Wildman–Crippen LogP) is 3.40. The minimum atomic E-state index is -0.818. The number of aliphatic hydroxyl groups is 1. The number of aliphatic hydroxyl groups excluding tert-OH is 1. The van der Waals surface area contributed by atoms with Crippen molar-refractivity contribution in [3.8, 4) is 0 Å². The van der Waals surface area contributed by atoms with E-state index < -0.39 is 77.5 Å². The summed E-state index contributed by atoms with van der Waals surface area (Å²) in [6.45, 7) is 9.35. The first-order chi connectivity index (χ1) is 50.3. The molecule has 5 aliphatic heterocycles. The number of aromatic nitrogens is 12. The van der Waals surface area contributed by atoms with Gasteiger partial charge >= 0.3 is 47.7 Å². The number of aliphatic imine (C=N–C) groups is 3. The number of carbonyl (C=O) groups is 3. The van der Waals surface area contributed by atoms with Gasteiger partial charge in [0.15, 0.2) is 70.5 Å². The average molecular weight is 1550 g/mol. The van der Waals surface area contributed by atoms with Gasteiger partial charge in [-0.2, -0.15) is 15.0 Å². The van der Waals surface area contributed by atoms with Crippen LogP contribution in [0.25, 0.3) is 33.5 Å².